The maximum Gasteiger partial charge on any atom is 0.225 e. The molecular weight excluding hydrogens is 352 g/mol. The van der Waals surface area contributed by atoms with E-state index < -0.39 is 0 Å². The van der Waals surface area contributed by atoms with Crippen molar-refractivity contribution in [2.45, 2.75) is 19.9 Å². The molecule has 0 aliphatic carbocycles. The average Bonchev–Trinajstić information content (AvgIpc) is 2.72. The molecule has 0 saturated carbocycles. The van der Waals surface area contributed by atoms with Gasteiger partial charge in [-0.2, -0.15) is 4.98 Å². The molecule has 28 heavy (non-hydrogen) atoms. The highest BCUT2D eigenvalue weighted by Crippen LogP contribution is 2.25. The molecule has 0 bridgehead atoms. The molecule has 0 saturated heterocycles. The van der Waals surface area contributed by atoms with Gasteiger partial charge in [0.15, 0.2) is 0 Å². The van der Waals surface area contributed by atoms with E-state index in [4.69, 9.17) is 4.74 Å². The van der Waals surface area contributed by atoms with Gasteiger partial charge in [-0.1, -0.05) is 50.2 Å². The van der Waals surface area contributed by atoms with E-state index in [9.17, 15) is 5.11 Å². The maximum absolute atomic E-state index is 9.66. The van der Waals surface area contributed by atoms with Gasteiger partial charge in [-0.15, -0.1) is 0 Å². The van der Waals surface area contributed by atoms with Crippen LogP contribution in [0, 0.1) is 5.92 Å². The number of hydrogen-bond acceptors (Lipinski definition) is 6. The summed E-state index contributed by atoms with van der Waals surface area (Å²) < 4.78 is 5.29. The monoisotopic (exact) mass is 378 g/mol. The van der Waals surface area contributed by atoms with Crippen molar-refractivity contribution in [1.29, 1.82) is 0 Å². The van der Waals surface area contributed by atoms with Crippen LogP contribution in [0.4, 0.5) is 17.5 Å². The highest BCUT2D eigenvalue weighted by atomic mass is 16.5. The number of aliphatic hydroxyl groups excluding tert-OH is 1. The molecule has 1 heterocycles. The fraction of sp³-hybridized carbons (Fsp3) is 0.273. The Balaban J connectivity index is 1.96. The van der Waals surface area contributed by atoms with E-state index in [2.05, 4.69) is 20.6 Å². The molecule has 0 aliphatic heterocycles. The van der Waals surface area contributed by atoms with E-state index in [-0.39, 0.29) is 18.6 Å². The molecule has 3 aromatic rings. The Morgan fingerprint density at radius 2 is 1.79 bits per heavy atom. The fourth-order valence-corrected chi connectivity index (χ4v) is 2.77. The van der Waals surface area contributed by atoms with Gasteiger partial charge in [0.05, 0.1) is 25.5 Å². The molecule has 6 nitrogen and oxygen atoms in total. The van der Waals surface area contributed by atoms with Gasteiger partial charge in [0.25, 0.3) is 0 Å². The summed E-state index contributed by atoms with van der Waals surface area (Å²) >= 11 is 0. The number of benzene rings is 2. The van der Waals surface area contributed by atoms with Crippen LogP contribution in [0.2, 0.25) is 0 Å². The predicted molar refractivity (Wildman–Crippen MR) is 113 cm³/mol. The van der Waals surface area contributed by atoms with E-state index in [1.54, 1.807) is 7.11 Å². The molecule has 0 spiro atoms. The Morgan fingerprint density at radius 1 is 1.00 bits per heavy atom. The lowest BCUT2D eigenvalue weighted by molar-refractivity contribution is 0.248. The highest BCUT2D eigenvalue weighted by molar-refractivity contribution is 5.67. The van der Waals surface area contributed by atoms with Crippen LogP contribution in [-0.4, -0.2) is 34.8 Å². The van der Waals surface area contributed by atoms with Crippen molar-refractivity contribution >= 4 is 17.5 Å². The first-order valence-electron chi connectivity index (χ1n) is 9.32. The van der Waals surface area contributed by atoms with Crippen LogP contribution in [0.5, 0.6) is 5.75 Å². The molecule has 2 aromatic carbocycles. The second-order valence-electron chi connectivity index (χ2n) is 6.86. The molecule has 0 amide bonds. The zero-order chi connectivity index (χ0) is 19.9. The van der Waals surface area contributed by atoms with Gasteiger partial charge >= 0.3 is 0 Å². The summed E-state index contributed by atoms with van der Waals surface area (Å²) in [6, 6.07) is 19.4. The zero-order valence-corrected chi connectivity index (χ0v) is 16.4. The lowest BCUT2D eigenvalue weighted by atomic mass is 10.1. The second-order valence-corrected chi connectivity index (χ2v) is 6.86. The van der Waals surface area contributed by atoms with E-state index >= 15 is 0 Å². The van der Waals surface area contributed by atoms with Gasteiger partial charge < -0.3 is 20.5 Å². The number of methoxy groups -OCH3 is 1. The molecule has 146 valence electrons. The van der Waals surface area contributed by atoms with Crippen molar-refractivity contribution < 1.29 is 9.84 Å². The van der Waals surface area contributed by atoms with Crippen LogP contribution >= 0.6 is 0 Å². The number of rotatable bonds is 8. The van der Waals surface area contributed by atoms with Crippen LogP contribution in [0.25, 0.3) is 11.3 Å². The van der Waals surface area contributed by atoms with Gasteiger partial charge in [-0.3, -0.25) is 0 Å². The molecule has 0 fully saturated rings. The largest absolute Gasteiger partial charge is 0.497 e. The molecular formula is C22H26N4O2. The van der Waals surface area contributed by atoms with Crippen molar-refractivity contribution in [3.8, 4) is 17.0 Å². The number of hydrogen-bond donors (Lipinski definition) is 3. The third kappa shape index (κ3) is 4.98. The highest BCUT2D eigenvalue weighted by Gasteiger charge is 2.15. The SMILES string of the molecule is COc1cccc(Nc2cc(-c3ccccc3)nc(N[C@H](CO)C(C)C)n2)c1. The van der Waals surface area contributed by atoms with E-state index in [1.807, 2.05) is 74.5 Å². The Labute approximate surface area is 165 Å². The molecule has 1 atom stereocenters. The molecule has 0 unspecified atom stereocenters. The van der Waals surface area contributed by atoms with E-state index in [0.29, 0.717) is 11.8 Å². The van der Waals surface area contributed by atoms with Gasteiger partial charge in [-0.05, 0) is 18.1 Å². The van der Waals surface area contributed by atoms with Crippen molar-refractivity contribution in [2.24, 2.45) is 5.92 Å². The quantitative estimate of drug-likeness (QED) is 0.542. The Bertz CT molecular complexity index is 900. The molecule has 3 N–H and O–H groups in total. The Hall–Kier alpha value is -3.12. The normalized spacial score (nSPS) is 11.9. The number of aromatic nitrogens is 2. The minimum absolute atomic E-state index is 0.00916. The number of nitrogens with one attached hydrogen (secondary N) is 2. The Kier molecular flexibility index (Phi) is 6.45. The van der Waals surface area contributed by atoms with Crippen molar-refractivity contribution in [1.82, 2.24) is 9.97 Å². The van der Waals surface area contributed by atoms with Crippen LogP contribution < -0.4 is 15.4 Å². The standard InChI is InChI=1S/C22H26N4O2/c1-15(2)20(14-27)25-22-24-19(16-8-5-4-6-9-16)13-21(26-22)23-17-10-7-11-18(12-17)28-3/h4-13,15,20,27H,14H2,1-3H3,(H2,23,24,25,26)/t20-/m1/s1. The lowest BCUT2D eigenvalue weighted by Gasteiger charge is -2.20. The first-order valence-corrected chi connectivity index (χ1v) is 9.32. The maximum atomic E-state index is 9.66. The van der Waals surface area contributed by atoms with Crippen molar-refractivity contribution in [2.75, 3.05) is 24.4 Å². The van der Waals surface area contributed by atoms with Gasteiger partial charge in [0.1, 0.15) is 11.6 Å². The third-order valence-corrected chi connectivity index (χ3v) is 4.45. The predicted octanol–water partition coefficient (Wildman–Crippen LogP) is 4.32. The molecule has 1 aromatic heterocycles. The van der Waals surface area contributed by atoms with Gasteiger partial charge in [-0.25, -0.2) is 4.98 Å². The number of anilines is 3. The molecule has 3 rings (SSSR count). The smallest absolute Gasteiger partial charge is 0.225 e. The minimum Gasteiger partial charge on any atom is -0.497 e. The molecule has 6 heteroatoms. The zero-order valence-electron chi connectivity index (χ0n) is 16.4. The summed E-state index contributed by atoms with van der Waals surface area (Å²) in [5.41, 5.74) is 2.65. The molecule has 0 radical (unpaired) electrons. The summed E-state index contributed by atoms with van der Waals surface area (Å²) in [5, 5.41) is 16.2. The van der Waals surface area contributed by atoms with E-state index in [1.165, 1.54) is 0 Å². The summed E-state index contributed by atoms with van der Waals surface area (Å²) in [6.07, 6.45) is 0. The third-order valence-electron chi connectivity index (χ3n) is 4.45. The Morgan fingerprint density at radius 3 is 2.46 bits per heavy atom. The fourth-order valence-electron chi connectivity index (χ4n) is 2.77. The lowest BCUT2D eigenvalue weighted by Crippen LogP contribution is -2.30. The van der Waals surface area contributed by atoms with Crippen molar-refractivity contribution in [3.05, 3.63) is 60.7 Å². The number of nitrogens with zero attached hydrogens (tertiary/aromatic N) is 2. The number of ether oxygens (including phenoxy) is 1. The summed E-state index contributed by atoms with van der Waals surface area (Å²) in [5.74, 6) is 2.13. The second kappa shape index (κ2) is 9.19. The van der Waals surface area contributed by atoms with Crippen LogP contribution in [0.1, 0.15) is 13.8 Å². The van der Waals surface area contributed by atoms with Gasteiger partial charge in [0, 0.05) is 23.4 Å². The number of aliphatic hydroxyl groups is 1. The summed E-state index contributed by atoms with van der Waals surface area (Å²) in [7, 11) is 1.64. The van der Waals surface area contributed by atoms with Crippen LogP contribution in [0.3, 0.4) is 0 Å². The molecule has 0 aliphatic rings. The summed E-state index contributed by atoms with van der Waals surface area (Å²) in [6.45, 7) is 4.10. The van der Waals surface area contributed by atoms with Gasteiger partial charge in [0.2, 0.25) is 5.95 Å². The average molecular weight is 378 g/mol. The summed E-state index contributed by atoms with van der Waals surface area (Å²) in [4.78, 5) is 9.25. The van der Waals surface area contributed by atoms with E-state index in [0.717, 1.165) is 22.7 Å². The van der Waals surface area contributed by atoms with Crippen LogP contribution in [-0.2, 0) is 0 Å². The minimum atomic E-state index is -0.129. The first kappa shape index (κ1) is 19.6. The van der Waals surface area contributed by atoms with Crippen LogP contribution in [0.15, 0.2) is 60.7 Å². The topological polar surface area (TPSA) is 79.3 Å². The van der Waals surface area contributed by atoms with Crippen molar-refractivity contribution in [3.63, 3.8) is 0 Å². The first-order chi connectivity index (χ1) is 13.6.